The largest absolute Gasteiger partial charge is 0.598 e. The average molecular weight is 385 g/mol. The van der Waals surface area contributed by atoms with Gasteiger partial charge in [-0.3, -0.25) is 4.98 Å². The van der Waals surface area contributed by atoms with Crippen LogP contribution in [0.4, 0.5) is 0 Å². The van der Waals surface area contributed by atoms with Crippen LogP contribution in [-0.4, -0.2) is 35.2 Å². The van der Waals surface area contributed by atoms with Crippen molar-refractivity contribution in [2.45, 2.75) is 83.3 Å². The Balaban J connectivity index is 2.71. The number of nitrogens with zero attached hydrogens (tertiary/aromatic N) is 1. The minimum Gasteiger partial charge on any atom is -0.598 e. The van der Waals surface area contributed by atoms with Crippen LogP contribution in [0.5, 0.6) is 0 Å². The molecule has 0 aliphatic heterocycles. The minimum atomic E-state index is -1.76. The van der Waals surface area contributed by atoms with E-state index >= 15 is 0 Å². The van der Waals surface area contributed by atoms with Gasteiger partial charge in [-0.15, -0.1) is 4.72 Å². The van der Waals surface area contributed by atoms with Gasteiger partial charge in [0.05, 0.1) is 6.04 Å². The van der Waals surface area contributed by atoms with E-state index < -0.39 is 19.7 Å². The zero-order chi connectivity index (χ0) is 19.3. The lowest BCUT2D eigenvalue weighted by Crippen LogP contribution is -2.47. The minimum absolute atomic E-state index is 0.0831. The van der Waals surface area contributed by atoms with Crippen LogP contribution in [0.15, 0.2) is 24.4 Å². The molecule has 2 atom stereocenters. The molecule has 0 amide bonds. The first-order chi connectivity index (χ1) is 11.3. The average Bonchev–Trinajstić information content (AvgIpc) is 2.45. The summed E-state index contributed by atoms with van der Waals surface area (Å²) in [6.45, 7) is 17.9. The molecule has 0 aliphatic rings. The Morgan fingerprint density at radius 3 is 2.32 bits per heavy atom. The van der Waals surface area contributed by atoms with E-state index in [4.69, 9.17) is 4.43 Å². The molecule has 0 spiro atoms. The number of aromatic nitrogens is 1. The van der Waals surface area contributed by atoms with E-state index in [0.29, 0.717) is 6.61 Å². The van der Waals surface area contributed by atoms with E-state index in [1.165, 1.54) is 0 Å². The third-order valence-electron chi connectivity index (χ3n) is 4.75. The maximum atomic E-state index is 12.5. The summed E-state index contributed by atoms with van der Waals surface area (Å²) in [5, 5.41) is 0.200. The fourth-order valence-corrected chi connectivity index (χ4v) is 3.89. The van der Waals surface area contributed by atoms with Crippen LogP contribution in [0, 0.1) is 0 Å². The number of hydrogen-bond acceptors (Lipinski definition) is 4. The molecule has 1 heterocycles. The highest BCUT2D eigenvalue weighted by molar-refractivity contribution is 7.90. The van der Waals surface area contributed by atoms with Crippen molar-refractivity contribution in [2.75, 3.05) is 6.61 Å². The summed E-state index contributed by atoms with van der Waals surface area (Å²) in [5.41, 5.74) is 1.01. The summed E-state index contributed by atoms with van der Waals surface area (Å²) >= 11 is -1.10. The summed E-state index contributed by atoms with van der Waals surface area (Å²) in [6, 6.07) is 6.01. The first kappa shape index (κ1) is 22.6. The van der Waals surface area contributed by atoms with Crippen LogP contribution in [-0.2, 0) is 22.2 Å². The van der Waals surface area contributed by atoms with E-state index in [1.807, 2.05) is 39.0 Å². The highest BCUT2D eigenvalue weighted by Crippen LogP contribution is 2.36. The van der Waals surface area contributed by atoms with Gasteiger partial charge in [0, 0.05) is 36.3 Å². The molecule has 0 saturated carbocycles. The van der Waals surface area contributed by atoms with Crippen LogP contribution in [0.3, 0.4) is 0 Å². The molecule has 0 fully saturated rings. The van der Waals surface area contributed by atoms with E-state index in [1.54, 1.807) is 6.20 Å². The highest BCUT2D eigenvalue weighted by Gasteiger charge is 2.37. The Labute approximate surface area is 158 Å². The number of nitrogens with one attached hydrogen (secondary N) is 1. The van der Waals surface area contributed by atoms with Gasteiger partial charge in [0.25, 0.3) is 0 Å². The molecule has 0 aliphatic carbocycles. The Bertz CT molecular complexity index is 512. The van der Waals surface area contributed by atoms with Crippen LogP contribution < -0.4 is 4.72 Å². The molecular weight excluding hydrogens is 348 g/mol. The molecule has 1 N–H and O–H groups in total. The zero-order valence-electron chi connectivity index (χ0n) is 17.2. The molecule has 0 radical (unpaired) electrons. The molecule has 4 nitrogen and oxygen atoms in total. The number of hydrogen-bond donors (Lipinski definition) is 1. The fraction of sp³-hybridized carbons (Fsp3) is 0.737. The predicted octanol–water partition coefficient (Wildman–Crippen LogP) is 4.46. The first-order valence-corrected chi connectivity index (χ1v) is 13.1. The molecule has 25 heavy (non-hydrogen) atoms. The molecule has 1 aromatic rings. The summed E-state index contributed by atoms with van der Waals surface area (Å²) < 4.78 is 21.8. The van der Waals surface area contributed by atoms with Crippen LogP contribution in [0.1, 0.15) is 53.7 Å². The lowest BCUT2D eigenvalue weighted by Gasteiger charge is -2.36. The van der Waals surface area contributed by atoms with Gasteiger partial charge in [-0.2, -0.15) is 0 Å². The van der Waals surface area contributed by atoms with Crippen LogP contribution >= 0.6 is 0 Å². The Kier molecular flexibility index (Phi) is 8.15. The van der Waals surface area contributed by atoms with Crippen LogP contribution in [0.25, 0.3) is 0 Å². The molecule has 0 aromatic carbocycles. The van der Waals surface area contributed by atoms with Gasteiger partial charge < -0.3 is 8.98 Å². The van der Waals surface area contributed by atoms with Gasteiger partial charge in [0.1, 0.15) is 4.75 Å². The number of pyridine rings is 1. The van der Waals surface area contributed by atoms with Gasteiger partial charge in [-0.05, 0) is 57.5 Å². The Hall–Kier alpha value is -0.403. The number of rotatable bonds is 8. The maximum Gasteiger partial charge on any atom is 0.191 e. The topological polar surface area (TPSA) is 57.2 Å². The normalized spacial score (nSPS) is 15.9. The maximum absolute atomic E-state index is 12.5. The zero-order valence-corrected chi connectivity index (χ0v) is 19.0. The molecule has 6 heteroatoms. The standard InChI is InChI=1S/C19H36N2O2SSi/c1-18(2,3)24(22)21-17(15-16-11-9-10-13-20-16)12-14-23-25(7,8)19(4,5)6/h9-11,13,17,21H,12,14-15H2,1-8H3/t17-,24?/m0/s1. The first-order valence-electron chi connectivity index (χ1n) is 9.05. The molecule has 144 valence electrons. The van der Waals surface area contributed by atoms with Crippen molar-refractivity contribution in [1.29, 1.82) is 0 Å². The molecule has 1 aromatic heterocycles. The quantitative estimate of drug-likeness (QED) is 0.531. The SMILES string of the molecule is CC(C)(C)[S+]([O-])N[C@@H](CCO[Si](C)(C)C(C)(C)C)Cc1ccccn1. The highest BCUT2D eigenvalue weighted by atomic mass is 32.2. The lowest BCUT2D eigenvalue weighted by molar-refractivity contribution is 0.267. The van der Waals surface area contributed by atoms with E-state index in [9.17, 15) is 4.55 Å². The van der Waals surface area contributed by atoms with E-state index in [-0.39, 0.29) is 15.8 Å². The molecule has 0 saturated heterocycles. The fourth-order valence-electron chi connectivity index (χ4n) is 1.97. The summed E-state index contributed by atoms with van der Waals surface area (Å²) in [4.78, 5) is 4.41. The van der Waals surface area contributed by atoms with Crippen molar-refractivity contribution in [2.24, 2.45) is 0 Å². The monoisotopic (exact) mass is 384 g/mol. The smallest absolute Gasteiger partial charge is 0.191 e. The van der Waals surface area contributed by atoms with E-state index in [0.717, 1.165) is 18.5 Å². The molecule has 0 bridgehead atoms. The third kappa shape index (κ3) is 7.79. The second-order valence-electron chi connectivity index (χ2n) is 9.12. The second-order valence-corrected chi connectivity index (χ2v) is 15.9. The van der Waals surface area contributed by atoms with Gasteiger partial charge in [-0.25, -0.2) is 0 Å². The van der Waals surface area contributed by atoms with Crippen LogP contribution in [0.2, 0.25) is 18.1 Å². The predicted molar refractivity (Wildman–Crippen MR) is 111 cm³/mol. The Morgan fingerprint density at radius 2 is 1.84 bits per heavy atom. The van der Waals surface area contributed by atoms with Gasteiger partial charge >= 0.3 is 0 Å². The summed E-state index contributed by atoms with van der Waals surface area (Å²) in [7, 11) is -1.76. The summed E-state index contributed by atoms with van der Waals surface area (Å²) in [6.07, 6.45) is 3.38. The molecular formula is C19H36N2O2SSi. The van der Waals surface area contributed by atoms with Crippen molar-refractivity contribution in [3.63, 3.8) is 0 Å². The Morgan fingerprint density at radius 1 is 1.20 bits per heavy atom. The van der Waals surface area contributed by atoms with Crippen molar-refractivity contribution >= 4 is 19.7 Å². The van der Waals surface area contributed by atoms with Gasteiger partial charge in [0.15, 0.2) is 8.32 Å². The van der Waals surface area contributed by atoms with Crippen molar-refractivity contribution in [3.8, 4) is 0 Å². The molecule has 1 unspecified atom stereocenters. The van der Waals surface area contributed by atoms with Gasteiger partial charge in [-0.1, -0.05) is 26.8 Å². The third-order valence-corrected chi connectivity index (χ3v) is 10.9. The molecule has 1 rings (SSSR count). The van der Waals surface area contributed by atoms with E-state index in [2.05, 4.69) is 43.6 Å². The lowest BCUT2D eigenvalue weighted by atomic mass is 10.1. The van der Waals surface area contributed by atoms with Gasteiger partial charge in [0.2, 0.25) is 0 Å². The second kappa shape index (κ2) is 9.00. The summed E-state index contributed by atoms with van der Waals surface area (Å²) in [5.74, 6) is 0. The van der Waals surface area contributed by atoms with Crippen molar-refractivity contribution in [3.05, 3.63) is 30.1 Å². The van der Waals surface area contributed by atoms with Crippen molar-refractivity contribution in [1.82, 2.24) is 9.71 Å². The van der Waals surface area contributed by atoms with Crippen molar-refractivity contribution < 1.29 is 8.98 Å².